The predicted octanol–water partition coefficient (Wildman–Crippen LogP) is 6.07. The van der Waals surface area contributed by atoms with Gasteiger partial charge in [0.25, 0.3) is 0 Å². The molecule has 6 heteroatoms. The van der Waals surface area contributed by atoms with Gasteiger partial charge in [-0.15, -0.1) is 11.3 Å². The average Bonchev–Trinajstić information content (AvgIpc) is 2.72. The molecule has 0 bridgehead atoms. The van der Waals surface area contributed by atoms with Crippen molar-refractivity contribution >= 4 is 59.1 Å². The van der Waals surface area contributed by atoms with Crippen molar-refractivity contribution < 1.29 is 4.39 Å². The average molecular weight is 486 g/mol. The zero-order chi connectivity index (χ0) is 14.7. The highest BCUT2D eigenvalue weighted by atomic mass is 79.9. The maximum atomic E-state index is 13.4. The highest BCUT2D eigenvalue weighted by Crippen LogP contribution is 2.37. The first-order valence-corrected chi connectivity index (χ1v) is 9.32. The minimum atomic E-state index is -0.205. The van der Waals surface area contributed by atoms with Gasteiger partial charge in [-0.3, -0.25) is 0 Å². The largest absolute Gasteiger partial charge is 0.310 e. The molecule has 0 aliphatic heterocycles. The summed E-state index contributed by atoms with van der Waals surface area (Å²) in [5.41, 5.74) is 2.16. The topological polar surface area (TPSA) is 12.0 Å². The minimum Gasteiger partial charge on any atom is -0.310 e. The molecule has 1 aromatic carbocycles. The van der Waals surface area contributed by atoms with Crippen LogP contribution in [0.2, 0.25) is 0 Å². The molecule has 0 fully saturated rings. The Morgan fingerprint density at radius 3 is 2.60 bits per heavy atom. The van der Waals surface area contributed by atoms with Gasteiger partial charge in [-0.05, 0) is 80.2 Å². The summed E-state index contributed by atoms with van der Waals surface area (Å²) in [6.45, 7) is 2.93. The van der Waals surface area contributed by atoms with Crippen LogP contribution in [0.15, 0.2) is 36.3 Å². The fraction of sp³-hybridized carbons (Fsp3) is 0.286. The Bertz CT molecular complexity index is 600. The van der Waals surface area contributed by atoms with E-state index in [-0.39, 0.29) is 11.9 Å². The third kappa shape index (κ3) is 4.13. The molecule has 2 rings (SSSR count). The summed E-state index contributed by atoms with van der Waals surface area (Å²) < 4.78 is 16.5. The Kier molecular flexibility index (Phi) is 6.23. The molecule has 0 amide bonds. The number of nitrogens with one attached hydrogen (secondary N) is 1. The van der Waals surface area contributed by atoms with Crippen molar-refractivity contribution in [2.75, 3.05) is 6.54 Å². The fourth-order valence-corrected chi connectivity index (χ4v) is 5.43. The first-order chi connectivity index (χ1) is 9.51. The number of hydrogen-bond acceptors (Lipinski definition) is 2. The van der Waals surface area contributed by atoms with Crippen molar-refractivity contribution in [2.24, 2.45) is 0 Å². The first-order valence-electron chi connectivity index (χ1n) is 6.13. The summed E-state index contributed by atoms with van der Waals surface area (Å²) in [4.78, 5) is 0. The zero-order valence-electron chi connectivity index (χ0n) is 10.7. The van der Waals surface area contributed by atoms with Gasteiger partial charge in [0.1, 0.15) is 5.82 Å². The van der Waals surface area contributed by atoms with Gasteiger partial charge in [-0.2, -0.15) is 0 Å². The van der Waals surface area contributed by atoms with Crippen molar-refractivity contribution in [3.63, 3.8) is 0 Å². The lowest BCUT2D eigenvalue weighted by atomic mass is 10.0. The fourth-order valence-electron chi connectivity index (χ4n) is 2.05. The van der Waals surface area contributed by atoms with Crippen molar-refractivity contribution in [1.29, 1.82) is 0 Å². The Morgan fingerprint density at radius 2 is 2.00 bits per heavy atom. The maximum absolute atomic E-state index is 13.4. The zero-order valence-corrected chi connectivity index (χ0v) is 16.3. The van der Waals surface area contributed by atoms with Crippen LogP contribution in [0.3, 0.4) is 0 Å². The van der Waals surface area contributed by atoms with Gasteiger partial charge < -0.3 is 5.32 Å². The van der Waals surface area contributed by atoms with Crippen LogP contribution in [-0.4, -0.2) is 6.54 Å². The van der Waals surface area contributed by atoms with Crippen LogP contribution in [0, 0.1) is 5.82 Å². The quantitative estimate of drug-likeness (QED) is 0.542. The van der Waals surface area contributed by atoms with E-state index < -0.39 is 0 Å². The van der Waals surface area contributed by atoms with Gasteiger partial charge in [0.15, 0.2) is 0 Å². The van der Waals surface area contributed by atoms with E-state index in [0.29, 0.717) is 0 Å². The highest BCUT2D eigenvalue weighted by Gasteiger charge is 2.18. The van der Waals surface area contributed by atoms with E-state index in [9.17, 15) is 4.39 Å². The molecule has 1 heterocycles. The van der Waals surface area contributed by atoms with Crippen LogP contribution in [0.4, 0.5) is 4.39 Å². The molecule has 2 aromatic rings. The smallest absolute Gasteiger partial charge is 0.123 e. The van der Waals surface area contributed by atoms with E-state index >= 15 is 0 Å². The van der Waals surface area contributed by atoms with E-state index in [1.807, 2.05) is 0 Å². The molecule has 0 aliphatic carbocycles. The summed E-state index contributed by atoms with van der Waals surface area (Å²) in [6, 6.07) is 7.06. The van der Waals surface area contributed by atoms with Gasteiger partial charge in [0, 0.05) is 10.5 Å². The van der Waals surface area contributed by atoms with Gasteiger partial charge in [0.05, 0.1) is 7.57 Å². The van der Waals surface area contributed by atoms with Crippen LogP contribution in [0.25, 0.3) is 0 Å². The van der Waals surface area contributed by atoms with Crippen LogP contribution < -0.4 is 5.32 Å². The molecule has 0 aliphatic rings. The Balaban J connectivity index is 2.30. The third-order valence-corrected chi connectivity index (χ3v) is 6.10. The Labute approximate surface area is 147 Å². The van der Waals surface area contributed by atoms with Crippen LogP contribution >= 0.6 is 59.1 Å². The van der Waals surface area contributed by atoms with E-state index in [1.165, 1.54) is 11.6 Å². The van der Waals surface area contributed by atoms with Crippen LogP contribution in [-0.2, 0) is 6.42 Å². The number of likely N-dealkylation sites (N-methyl/N-ethyl adjacent to an activating group) is 1. The summed E-state index contributed by atoms with van der Waals surface area (Å²) in [5, 5.41) is 3.46. The predicted molar refractivity (Wildman–Crippen MR) is 93.9 cm³/mol. The van der Waals surface area contributed by atoms with Gasteiger partial charge in [0.2, 0.25) is 0 Å². The van der Waals surface area contributed by atoms with E-state index in [1.54, 1.807) is 23.5 Å². The molecule has 1 atom stereocenters. The standard InChI is InChI=1S/C14H13Br3FNS/c1-2-19-12(10-7-13(16)20-14(10)17)6-8-5-9(18)3-4-11(8)15/h3-5,7,12,19H,2,6H2,1H3. The van der Waals surface area contributed by atoms with Crippen molar-refractivity contribution in [2.45, 2.75) is 19.4 Å². The molecule has 0 spiro atoms. The van der Waals surface area contributed by atoms with Crippen LogP contribution in [0.1, 0.15) is 24.1 Å². The Morgan fingerprint density at radius 1 is 1.25 bits per heavy atom. The Hall–Kier alpha value is 0.250. The number of benzene rings is 1. The second kappa shape index (κ2) is 7.49. The summed E-state index contributed by atoms with van der Waals surface area (Å²) in [6.07, 6.45) is 0.730. The van der Waals surface area contributed by atoms with Gasteiger partial charge in [-0.1, -0.05) is 22.9 Å². The molecule has 108 valence electrons. The first kappa shape index (κ1) is 16.6. The molecule has 1 aromatic heterocycles. The van der Waals surface area contributed by atoms with Crippen LogP contribution in [0.5, 0.6) is 0 Å². The summed E-state index contributed by atoms with van der Waals surface area (Å²) in [5.74, 6) is -0.205. The minimum absolute atomic E-state index is 0.148. The van der Waals surface area contributed by atoms with Gasteiger partial charge >= 0.3 is 0 Å². The highest BCUT2D eigenvalue weighted by molar-refractivity contribution is 9.12. The van der Waals surface area contributed by atoms with Crippen molar-refractivity contribution in [3.8, 4) is 0 Å². The van der Waals surface area contributed by atoms with Gasteiger partial charge in [-0.25, -0.2) is 4.39 Å². The molecule has 1 unspecified atom stereocenters. The van der Waals surface area contributed by atoms with Crippen molar-refractivity contribution in [3.05, 3.63) is 53.3 Å². The summed E-state index contributed by atoms with van der Waals surface area (Å²) in [7, 11) is 0. The number of halogens is 4. The molecule has 0 saturated carbocycles. The number of hydrogen-bond donors (Lipinski definition) is 1. The monoisotopic (exact) mass is 483 g/mol. The molecule has 0 radical (unpaired) electrons. The number of thiophene rings is 1. The molecule has 1 N–H and O–H groups in total. The van der Waals surface area contributed by atoms with E-state index in [2.05, 4.69) is 66.1 Å². The third-order valence-electron chi connectivity index (χ3n) is 2.94. The van der Waals surface area contributed by atoms with Crippen molar-refractivity contribution in [1.82, 2.24) is 5.32 Å². The normalized spacial score (nSPS) is 12.7. The molecular formula is C14H13Br3FNS. The molecule has 1 nitrogen and oxygen atoms in total. The molecule has 0 saturated heterocycles. The second-order valence-corrected chi connectivity index (χ2v) is 8.93. The molecular weight excluding hydrogens is 473 g/mol. The number of rotatable bonds is 5. The SMILES string of the molecule is CCNC(Cc1cc(F)ccc1Br)c1cc(Br)sc1Br. The van der Waals surface area contributed by atoms with E-state index in [4.69, 9.17) is 0 Å². The lowest BCUT2D eigenvalue weighted by molar-refractivity contribution is 0.545. The van der Waals surface area contributed by atoms with E-state index in [0.717, 1.165) is 30.6 Å². The lowest BCUT2D eigenvalue weighted by Gasteiger charge is -2.18. The summed E-state index contributed by atoms with van der Waals surface area (Å²) >= 11 is 12.2. The lowest BCUT2D eigenvalue weighted by Crippen LogP contribution is -2.23. The second-order valence-electron chi connectivity index (χ2n) is 4.33. The molecule has 20 heavy (non-hydrogen) atoms. The maximum Gasteiger partial charge on any atom is 0.123 e.